The van der Waals surface area contributed by atoms with E-state index in [0.29, 0.717) is 21.7 Å². The second-order valence-corrected chi connectivity index (χ2v) is 9.52. The smallest absolute Gasteiger partial charge is 0.266 e. The maximum atomic E-state index is 12.7. The minimum Gasteiger partial charge on any atom is -0.366 e. The molecule has 2 aromatic carbocycles. The van der Waals surface area contributed by atoms with Gasteiger partial charge >= 0.3 is 0 Å². The standard InChI is InChI=1S/C25H27Cl2N3O/c1-6-30-23-9-15(2)17(11-20(23)16(3)13-25(30,4)5)10-18(14-28)24(31)29-22-8-7-19(26)12-21(22)27/h7-12,16H,6,13H2,1-5H3,(H,29,31)/b18-10-/t16-/m0/s1. The van der Waals surface area contributed by atoms with E-state index < -0.39 is 5.91 Å². The number of hydrogen-bond donors (Lipinski definition) is 1. The molecular formula is C25H27Cl2N3O. The summed E-state index contributed by atoms with van der Waals surface area (Å²) in [5.74, 6) is -0.124. The third-order valence-corrected chi connectivity index (χ3v) is 6.48. The molecule has 0 radical (unpaired) electrons. The molecule has 1 atom stereocenters. The Balaban J connectivity index is 1.97. The van der Waals surface area contributed by atoms with Crippen LogP contribution in [0.3, 0.4) is 0 Å². The number of nitrogens with one attached hydrogen (secondary N) is 1. The second kappa shape index (κ2) is 8.94. The number of nitriles is 1. The molecule has 0 aromatic heterocycles. The van der Waals surface area contributed by atoms with E-state index in [-0.39, 0.29) is 11.1 Å². The van der Waals surface area contributed by atoms with Gasteiger partial charge in [0.05, 0.1) is 10.7 Å². The van der Waals surface area contributed by atoms with Crippen LogP contribution in [0.15, 0.2) is 35.9 Å². The second-order valence-electron chi connectivity index (χ2n) is 8.68. The average Bonchev–Trinajstić information content (AvgIpc) is 2.68. The number of rotatable bonds is 4. The molecule has 1 N–H and O–H groups in total. The van der Waals surface area contributed by atoms with Crippen molar-refractivity contribution >= 4 is 46.6 Å². The van der Waals surface area contributed by atoms with Crippen molar-refractivity contribution in [2.24, 2.45) is 0 Å². The summed E-state index contributed by atoms with van der Waals surface area (Å²) in [6, 6.07) is 11.1. The van der Waals surface area contributed by atoms with E-state index in [1.165, 1.54) is 11.3 Å². The predicted octanol–water partition coefficient (Wildman–Crippen LogP) is 6.96. The molecule has 162 valence electrons. The van der Waals surface area contributed by atoms with Crippen LogP contribution in [-0.4, -0.2) is 18.0 Å². The first kappa shape index (κ1) is 23.2. The summed E-state index contributed by atoms with van der Waals surface area (Å²) in [5.41, 5.74) is 4.88. The summed E-state index contributed by atoms with van der Waals surface area (Å²) in [5, 5.41) is 13.1. The Kier molecular flexibility index (Phi) is 6.69. The molecule has 1 aliphatic heterocycles. The molecule has 1 aliphatic rings. The van der Waals surface area contributed by atoms with Gasteiger partial charge in [0.25, 0.3) is 5.91 Å². The molecule has 0 fully saturated rings. The van der Waals surface area contributed by atoms with Gasteiger partial charge in [0.1, 0.15) is 11.6 Å². The fourth-order valence-electron chi connectivity index (χ4n) is 4.49. The van der Waals surface area contributed by atoms with Crippen molar-refractivity contribution in [1.82, 2.24) is 0 Å². The maximum absolute atomic E-state index is 12.7. The maximum Gasteiger partial charge on any atom is 0.266 e. The molecule has 0 bridgehead atoms. The van der Waals surface area contributed by atoms with Gasteiger partial charge in [0.2, 0.25) is 0 Å². The number of amides is 1. The van der Waals surface area contributed by atoms with E-state index in [1.54, 1.807) is 24.3 Å². The van der Waals surface area contributed by atoms with Crippen LogP contribution in [0, 0.1) is 18.3 Å². The summed E-state index contributed by atoms with van der Waals surface area (Å²) in [6.45, 7) is 11.9. The summed E-state index contributed by atoms with van der Waals surface area (Å²) < 4.78 is 0. The highest BCUT2D eigenvalue weighted by Gasteiger charge is 2.35. The molecular weight excluding hydrogens is 429 g/mol. The van der Waals surface area contributed by atoms with Crippen LogP contribution >= 0.6 is 23.2 Å². The SMILES string of the molecule is CCN1c2cc(C)c(/C=C(/C#N)C(=O)Nc3ccc(Cl)cc3Cl)cc2[C@@H](C)CC1(C)C. The molecule has 4 nitrogen and oxygen atoms in total. The molecule has 0 aliphatic carbocycles. The highest BCUT2D eigenvalue weighted by atomic mass is 35.5. The third kappa shape index (κ3) is 4.74. The van der Waals surface area contributed by atoms with Gasteiger partial charge in [-0.1, -0.05) is 30.1 Å². The molecule has 0 saturated heterocycles. The van der Waals surface area contributed by atoms with Crippen LogP contribution in [0.5, 0.6) is 0 Å². The number of halogens is 2. The van der Waals surface area contributed by atoms with Gasteiger partial charge in [-0.15, -0.1) is 0 Å². The summed E-state index contributed by atoms with van der Waals surface area (Å²) in [4.78, 5) is 15.2. The molecule has 3 rings (SSSR count). The summed E-state index contributed by atoms with van der Waals surface area (Å²) in [7, 11) is 0. The number of aryl methyl sites for hydroxylation is 1. The molecule has 0 saturated carbocycles. The minimum atomic E-state index is -0.506. The van der Waals surface area contributed by atoms with E-state index >= 15 is 0 Å². The Morgan fingerprint density at radius 1 is 1.32 bits per heavy atom. The van der Waals surface area contributed by atoms with E-state index in [1.807, 2.05) is 13.0 Å². The Morgan fingerprint density at radius 3 is 2.65 bits per heavy atom. The highest BCUT2D eigenvalue weighted by molar-refractivity contribution is 6.36. The fourth-order valence-corrected chi connectivity index (χ4v) is 4.95. The Labute approximate surface area is 194 Å². The number of carbonyl (C=O) groups is 1. The molecule has 0 spiro atoms. The van der Waals surface area contributed by atoms with Crippen molar-refractivity contribution in [2.45, 2.75) is 52.5 Å². The predicted molar refractivity (Wildman–Crippen MR) is 130 cm³/mol. The van der Waals surface area contributed by atoms with E-state index in [0.717, 1.165) is 24.1 Å². The zero-order chi connectivity index (χ0) is 22.9. The van der Waals surface area contributed by atoms with E-state index in [2.05, 4.69) is 50.0 Å². The van der Waals surface area contributed by atoms with Crippen LogP contribution in [-0.2, 0) is 4.79 Å². The average molecular weight is 456 g/mol. The molecule has 2 aromatic rings. The van der Waals surface area contributed by atoms with Crippen molar-refractivity contribution in [3.63, 3.8) is 0 Å². The van der Waals surface area contributed by atoms with Crippen LogP contribution in [0.1, 0.15) is 56.7 Å². The molecule has 31 heavy (non-hydrogen) atoms. The van der Waals surface area contributed by atoms with Crippen molar-refractivity contribution in [3.8, 4) is 6.07 Å². The lowest BCUT2D eigenvalue weighted by atomic mass is 9.79. The zero-order valence-corrected chi connectivity index (χ0v) is 20.0. The lowest BCUT2D eigenvalue weighted by Crippen LogP contribution is -2.48. The van der Waals surface area contributed by atoms with Crippen molar-refractivity contribution in [3.05, 3.63) is 62.6 Å². The summed E-state index contributed by atoms with van der Waals surface area (Å²) >= 11 is 12.1. The monoisotopic (exact) mass is 455 g/mol. The number of carbonyl (C=O) groups excluding carboxylic acids is 1. The summed E-state index contributed by atoms with van der Waals surface area (Å²) in [6.07, 6.45) is 2.69. The van der Waals surface area contributed by atoms with Gasteiger partial charge in [-0.2, -0.15) is 5.26 Å². The molecule has 0 unspecified atom stereocenters. The highest BCUT2D eigenvalue weighted by Crippen LogP contribution is 2.44. The number of nitrogens with zero attached hydrogens (tertiary/aromatic N) is 2. The Hall–Kier alpha value is -2.48. The number of benzene rings is 2. The van der Waals surface area contributed by atoms with Crippen LogP contribution in [0.4, 0.5) is 11.4 Å². The van der Waals surface area contributed by atoms with Gasteiger partial charge in [-0.25, -0.2) is 0 Å². The molecule has 1 heterocycles. The topological polar surface area (TPSA) is 56.1 Å². The normalized spacial score (nSPS) is 17.7. The zero-order valence-electron chi connectivity index (χ0n) is 18.5. The van der Waals surface area contributed by atoms with Gasteiger partial charge in [0.15, 0.2) is 0 Å². The first-order chi connectivity index (χ1) is 14.6. The van der Waals surface area contributed by atoms with Gasteiger partial charge in [0, 0.05) is 22.8 Å². The quantitative estimate of drug-likeness (QED) is 0.400. The van der Waals surface area contributed by atoms with E-state index in [9.17, 15) is 10.1 Å². The fraction of sp³-hybridized carbons (Fsp3) is 0.360. The number of anilines is 2. The van der Waals surface area contributed by atoms with Gasteiger partial charge in [-0.05, 0) is 93.1 Å². The molecule has 6 heteroatoms. The van der Waals surface area contributed by atoms with Gasteiger partial charge < -0.3 is 10.2 Å². The van der Waals surface area contributed by atoms with Crippen molar-refractivity contribution in [1.29, 1.82) is 5.26 Å². The molecule has 1 amide bonds. The lowest BCUT2D eigenvalue weighted by Gasteiger charge is -2.47. The number of hydrogen-bond acceptors (Lipinski definition) is 3. The Bertz CT molecular complexity index is 1100. The third-order valence-electron chi connectivity index (χ3n) is 5.93. The largest absolute Gasteiger partial charge is 0.366 e. The van der Waals surface area contributed by atoms with Crippen LogP contribution < -0.4 is 10.2 Å². The van der Waals surface area contributed by atoms with Crippen LogP contribution in [0.2, 0.25) is 10.0 Å². The first-order valence-electron chi connectivity index (χ1n) is 10.4. The number of fused-ring (bicyclic) bond motifs is 1. The van der Waals surface area contributed by atoms with Crippen molar-refractivity contribution < 1.29 is 4.79 Å². The minimum absolute atomic E-state index is 0.0187. The van der Waals surface area contributed by atoms with Crippen LogP contribution in [0.25, 0.3) is 6.08 Å². The van der Waals surface area contributed by atoms with E-state index in [4.69, 9.17) is 23.2 Å². The lowest BCUT2D eigenvalue weighted by molar-refractivity contribution is -0.112. The van der Waals surface area contributed by atoms with Crippen molar-refractivity contribution in [2.75, 3.05) is 16.8 Å². The van der Waals surface area contributed by atoms with Gasteiger partial charge in [-0.3, -0.25) is 4.79 Å². The Morgan fingerprint density at radius 2 is 2.03 bits per heavy atom. The first-order valence-corrected chi connectivity index (χ1v) is 11.1.